The van der Waals surface area contributed by atoms with E-state index in [-0.39, 0.29) is 0 Å². The summed E-state index contributed by atoms with van der Waals surface area (Å²) in [7, 11) is 1.98. The summed E-state index contributed by atoms with van der Waals surface area (Å²) in [5.74, 6) is 0.990. The smallest absolute Gasteiger partial charge is 0.106 e. The van der Waals surface area contributed by atoms with Gasteiger partial charge in [-0.2, -0.15) is 0 Å². The van der Waals surface area contributed by atoms with Crippen LogP contribution in [0.25, 0.3) is 11.0 Å². The van der Waals surface area contributed by atoms with E-state index in [1.807, 2.05) is 30.7 Å². The number of fused-ring (bicyclic) bond motifs is 1. The van der Waals surface area contributed by atoms with Crippen LogP contribution in [0.15, 0.2) is 16.6 Å². The number of aromatic nitrogens is 2. The molecule has 0 bridgehead atoms. The molecule has 0 saturated heterocycles. The van der Waals surface area contributed by atoms with Gasteiger partial charge in [-0.05, 0) is 35.0 Å². The van der Waals surface area contributed by atoms with Crippen LogP contribution < -0.4 is 0 Å². The molecule has 0 aliphatic rings. The zero-order valence-corrected chi connectivity index (χ0v) is 9.65. The van der Waals surface area contributed by atoms with Gasteiger partial charge in [0.2, 0.25) is 0 Å². The van der Waals surface area contributed by atoms with Crippen LogP contribution in [0, 0.1) is 6.92 Å². The van der Waals surface area contributed by atoms with Gasteiger partial charge in [0, 0.05) is 11.5 Å². The van der Waals surface area contributed by atoms with Crippen LogP contribution in [0.5, 0.6) is 0 Å². The van der Waals surface area contributed by atoms with Gasteiger partial charge in [0.05, 0.1) is 16.1 Å². The molecule has 0 radical (unpaired) electrons. The van der Waals surface area contributed by atoms with Crippen molar-refractivity contribution in [3.63, 3.8) is 0 Å². The van der Waals surface area contributed by atoms with Crippen LogP contribution in [0.2, 0.25) is 5.02 Å². The maximum Gasteiger partial charge on any atom is 0.106 e. The molecule has 1 aromatic heterocycles. The van der Waals surface area contributed by atoms with E-state index in [1.165, 1.54) is 0 Å². The van der Waals surface area contributed by atoms with Crippen molar-refractivity contribution in [1.82, 2.24) is 9.55 Å². The van der Waals surface area contributed by atoms with Gasteiger partial charge >= 0.3 is 0 Å². The molecule has 0 spiro atoms. The number of hydrogen-bond acceptors (Lipinski definition) is 1. The third kappa shape index (κ3) is 1.36. The van der Waals surface area contributed by atoms with E-state index in [1.54, 1.807) is 0 Å². The second-order valence-corrected chi connectivity index (χ2v) is 4.23. The molecule has 0 amide bonds. The molecule has 0 saturated carbocycles. The fourth-order valence-electron chi connectivity index (χ4n) is 1.31. The topological polar surface area (TPSA) is 17.8 Å². The standard InChI is InChI=1S/C9H8BrClN2/c1-5-12-8-3-6(10)7(11)4-9(8)13(5)2/h3-4H,1-2H3. The molecule has 2 aromatic rings. The first kappa shape index (κ1) is 9.03. The van der Waals surface area contributed by atoms with Gasteiger partial charge in [0.25, 0.3) is 0 Å². The summed E-state index contributed by atoms with van der Waals surface area (Å²) in [6.45, 7) is 1.97. The summed E-state index contributed by atoms with van der Waals surface area (Å²) in [5.41, 5.74) is 2.03. The highest BCUT2D eigenvalue weighted by Gasteiger charge is 2.06. The number of nitrogens with zero attached hydrogens (tertiary/aromatic N) is 2. The Labute approximate surface area is 89.7 Å². The minimum absolute atomic E-state index is 0.718. The Morgan fingerprint density at radius 3 is 2.85 bits per heavy atom. The van der Waals surface area contributed by atoms with E-state index in [0.717, 1.165) is 26.4 Å². The molecule has 0 fully saturated rings. The lowest BCUT2D eigenvalue weighted by Crippen LogP contribution is -1.89. The lowest BCUT2D eigenvalue weighted by molar-refractivity contribution is 0.886. The summed E-state index contributed by atoms with van der Waals surface area (Å²) in [6, 6.07) is 3.85. The average molecular weight is 260 g/mol. The van der Waals surface area contributed by atoms with Gasteiger partial charge < -0.3 is 4.57 Å². The first-order valence-electron chi connectivity index (χ1n) is 3.87. The van der Waals surface area contributed by atoms with Crippen LogP contribution in [0.4, 0.5) is 0 Å². The SMILES string of the molecule is Cc1nc2cc(Br)c(Cl)cc2n1C. The zero-order chi connectivity index (χ0) is 9.59. The molecule has 13 heavy (non-hydrogen) atoms. The van der Waals surface area contributed by atoms with Crippen molar-refractivity contribution in [2.45, 2.75) is 6.92 Å². The number of imidazole rings is 1. The Bertz CT molecular complexity index is 476. The van der Waals surface area contributed by atoms with Gasteiger partial charge in [0.15, 0.2) is 0 Å². The molecule has 2 nitrogen and oxygen atoms in total. The number of halogens is 2. The average Bonchev–Trinajstić information content (AvgIpc) is 2.32. The predicted octanol–water partition coefficient (Wildman–Crippen LogP) is 3.30. The highest BCUT2D eigenvalue weighted by atomic mass is 79.9. The van der Waals surface area contributed by atoms with E-state index in [4.69, 9.17) is 11.6 Å². The van der Waals surface area contributed by atoms with E-state index < -0.39 is 0 Å². The van der Waals surface area contributed by atoms with Crippen molar-refractivity contribution in [3.8, 4) is 0 Å². The Morgan fingerprint density at radius 2 is 2.15 bits per heavy atom. The van der Waals surface area contributed by atoms with Gasteiger partial charge in [-0.3, -0.25) is 0 Å². The molecule has 0 unspecified atom stereocenters. The molecular weight excluding hydrogens is 251 g/mol. The Kier molecular flexibility index (Phi) is 2.08. The summed E-state index contributed by atoms with van der Waals surface area (Å²) < 4.78 is 2.91. The largest absolute Gasteiger partial charge is 0.331 e. The highest BCUT2D eigenvalue weighted by molar-refractivity contribution is 9.10. The number of aryl methyl sites for hydroxylation is 2. The van der Waals surface area contributed by atoms with Crippen LogP contribution in [-0.2, 0) is 7.05 Å². The molecule has 1 aromatic carbocycles. The van der Waals surface area contributed by atoms with Gasteiger partial charge in [-0.15, -0.1) is 0 Å². The minimum atomic E-state index is 0.718. The lowest BCUT2D eigenvalue weighted by atomic mass is 10.3. The van der Waals surface area contributed by atoms with E-state index >= 15 is 0 Å². The normalized spacial score (nSPS) is 11.1. The van der Waals surface area contributed by atoms with Gasteiger partial charge in [0.1, 0.15) is 5.82 Å². The van der Waals surface area contributed by atoms with E-state index in [0.29, 0.717) is 0 Å². The molecule has 68 valence electrons. The molecule has 2 rings (SSSR count). The summed E-state index contributed by atoms with van der Waals surface area (Å²) in [5, 5.41) is 0.718. The summed E-state index contributed by atoms with van der Waals surface area (Å²) >= 11 is 9.35. The van der Waals surface area contributed by atoms with E-state index in [2.05, 4.69) is 20.9 Å². The van der Waals surface area contributed by atoms with Gasteiger partial charge in [-0.1, -0.05) is 11.6 Å². The molecule has 4 heteroatoms. The van der Waals surface area contributed by atoms with Crippen molar-refractivity contribution >= 4 is 38.6 Å². The van der Waals surface area contributed by atoms with Crippen molar-refractivity contribution in [2.24, 2.45) is 7.05 Å². The molecule has 1 heterocycles. The minimum Gasteiger partial charge on any atom is -0.331 e. The number of hydrogen-bond donors (Lipinski definition) is 0. The van der Waals surface area contributed by atoms with Crippen LogP contribution in [0.1, 0.15) is 5.82 Å². The number of benzene rings is 1. The third-order valence-corrected chi connectivity index (χ3v) is 3.34. The molecular formula is C9H8BrClN2. The Balaban J connectivity index is 2.89. The highest BCUT2D eigenvalue weighted by Crippen LogP contribution is 2.27. The van der Waals surface area contributed by atoms with Crippen LogP contribution in [0.3, 0.4) is 0 Å². The quantitative estimate of drug-likeness (QED) is 0.710. The van der Waals surface area contributed by atoms with Crippen molar-refractivity contribution in [3.05, 3.63) is 27.5 Å². The molecule has 0 aliphatic carbocycles. The second kappa shape index (κ2) is 3.00. The van der Waals surface area contributed by atoms with Crippen molar-refractivity contribution in [2.75, 3.05) is 0 Å². The second-order valence-electron chi connectivity index (χ2n) is 2.97. The predicted molar refractivity (Wildman–Crippen MR) is 58.2 cm³/mol. The van der Waals surface area contributed by atoms with Crippen molar-refractivity contribution < 1.29 is 0 Å². The zero-order valence-electron chi connectivity index (χ0n) is 7.31. The molecule has 0 atom stereocenters. The molecule has 0 aliphatic heterocycles. The van der Waals surface area contributed by atoms with Gasteiger partial charge in [-0.25, -0.2) is 4.98 Å². The monoisotopic (exact) mass is 258 g/mol. The first-order chi connectivity index (χ1) is 6.09. The summed E-state index contributed by atoms with van der Waals surface area (Å²) in [6.07, 6.45) is 0. The lowest BCUT2D eigenvalue weighted by Gasteiger charge is -1.98. The number of rotatable bonds is 0. The Hall–Kier alpha value is -0.540. The fraction of sp³-hybridized carbons (Fsp3) is 0.222. The maximum absolute atomic E-state index is 5.98. The van der Waals surface area contributed by atoms with E-state index in [9.17, 15) is 0 Å². The van der Waals surface area contributed by atoms with Crippen molar-refractivity contribution in [1.29, 1.82) is 0 Å². The third-order valence-electron chi connectivity index (χ3n) is 2.15. The summed E-state index contributed by atoms with van der Waals surface area (Å²) in [4.78, 5) is 4.39. The Morgan fingerprint density at radius 1 is 1.46 bits per heavy atom. The first-order valence-corrected chi connectivity index (χ1v) is 5.05. The van der Waals surface area contributed by atoms with Crippen LogP contribution in [-0.4, -0.2) is 9.55 Å². The fourth-order valence-corrected chi connectivity index (χ4v) is 1.80. The maximum atomic E-state index is 5.98. The van der Waals surface area contributed by atoms with Crippen LogP contribution >= 0.6 is 27.5 Å². The molecule has 0 N–H and O–H groups in total.